The van der Waals surface area contributed by atoms with E-state index in [1.807, 2.05) is 32.0 Å². The normalized spacial score (nSPS) is 11.5. The molecule has 0 saturated carbocycles. The molecule has 0 aliphatic carbocycles. The Balaban J connectivity index is 2.68. The number of ether oxygens (including phenoxy) is 1. The summed E-state index contributed by atoms with van der Waals surface area (Å²) in [7, 11) is 1.65. The molecule has 1 aromatic rings. The number of aryl methyl sites for hydroxylation is 1. The van der Waals surface area contributed by atoms with Gasteiger partial charge in [0.25, 0.3) is 0 Å². The molecule has 0 aliphatic heterocycles. The van der Waals surface area contributed by atoms with Crippen molar-refractivity contribution in [3.05, 3.63) is 28.2 Å². The first kappa shape index (κ1) is 12.5. The van der Waals surface area contributed by atoms with Gasteiger partial charge in [-0.15, -0.1) is 0 Å². The highest BCUT2D eigenvalue weighted by Gasteiger charge is 2.12. The summed E-state index contributed by atoms with van der Waals surface area (Å²) in [4.78, 5) is 0. The summed E-state index contributed by atoms with van der Waals surface area (Å²) < 4.78 is 6.11. The van der Waals surface area contributed by atoms with Crippen molar-refractivity contribution in [3.8, 4) is 5.75 Å². The maximum Gasteiger partial charge on any atom is 0.133 e. The fourth-order valence-electron chi connectivity index (χ4n) is 1.32. The summed E-state index contributed by atoms with van der Waals surface area (Å²) in [5, 5.41) is 9.61. The zero-order chi connectivity index (χ0) is 11.5. The van der Waals surface area contributed by atoms with Crippen molar-refractivity contribution < 1.29 is 9.84 Å². The molecule has 0 heterocycles. The highest BCUT2D eigenvalue weighted by molar-refractivity contribution is 9.10. The average molecular weight is 273 g/mol. The molecule has 0 aliphatic rings. The van der Waals surface area contributed by atoms with Crippen molar-refractivity contribution >= 4 is 15.9 Å². The third kappa shape index (κ3) is 4.22. The van der Waals surface area contributed by atoms with Crippen LogP contribution >= 0.6 is 15.9 Å². The Hall–Kier alpha value is -0.540. The third-order valence-corrected chi connectivity index (χ3v) is 2.86. The van der Waals surface area contributed by atoms with Gasteiger partial charge in [0, 0.05) is 0 Å². The van der Waals surface area contributed by atoms with Gasteiger partial charge in [0.15, 0.2) is 0 Å². The van der Waals surface area contributed by atoms with Crippen LogP contribution in [0, 0.1) is 0 Å². The maximum atomic E-state index is 9.61. The molecule has 0 saturated heterocycles. The second-order valence-corrected chi connectivity index (χ2v) is 5.14. The zero-order valence-electron chi connectivity index (χ0n) is 9.38. The Kier molecular flexibility index (Phi) is 4.17. The molecule has 1 N–H and O–H groups in total. The van der Waals surface area contributed by atoms with Crippen molar-refractivity contribution in [1.82, 2.24) is 0 Å². The summed E-state index contributed by atoms with van der Waals surface area (Å²) in [6.07, 6.45) is 1.62. The van der Waals surface area contributed by atoms with Gasteiger partial charge >= 0.3 is 0 Å². The van der Waals surface area contributed by atoms with Crippen molar-refractivity contribution in [3.63, 3.8) is 0 Å². The Morgan fingerprint density at radius 3 is 2.53 bits per heavy atom. The van der Waals surface area contributed by atoms with E-state index in [2.05, 4.69) is 15.9 Å². The molecule has 2 nitrogen and oxygen atoms in total. The summed E-state index contributed by atoms with van der Waals surface area (Å²) in [6.45, 7) is 3.65. The van der Waals surface area contributed by atoms with Gasteiger partial charge in [0.2, 0.25) is 0 Å². The Bertz CT molecular complexity index is 329. The second-order valence-electron chi connectivity index (χ2n) is 4.28. The number of hydrogen-bond acceptors (Lipinski definition) is 2. The van der Waals surface area contributed by atoms with E-state index in [-0.39, 0.29) is 0 Å². The highest BCUT2D eigenvalue weighted by Crippen LogP contribution is 2.26. The van der Waals surface area contributed by atoms with Crippen LogP contribution in [0.4, 0.5) is 0 Å². The lowest BCUT2D eigenvalue weighted by atomic mass is 9.99. The standard InChI is InChI=1S/C12H17BrO2/c1-12(2,14)7-6-9-4-5-11(15-3)10(13)8-9/h4-5,8,14H,6-7H2,1-3H3. The summed E-state index contributed by atoms with van der Waals surface area (Å²) in [6, 6.07) is 5.99. The first-order chi connectivity index (χ1) is 6.92. The predicted octanol–water partition coefficient (Wildman–Crippen LogP) is 3.16. The molecular weight excluding hydrogens is 256 g/mol. The minimum absolute atomic E-state index is 0.605. The number of halogens is 1. The minimum Gasteiger partial charge on any atom is -0.496 e. The van der Waals surface area contributed by atoms with Gasteiger partial charge in [0.05, 0.1) is 17.2 Å². The van der Waals surface area contributed by atoms with Gasteiger partial charge in [0.1, 0.15) is 5.75 Å². The third-order valence-electron chi connectivity index (χ3n) is 2.24. The van der Waals surface area contributed by atoms with E-state index >= 15 is 0 Å². The van der Waals surface area contributed by atoms with Gasteiger partial charge in [-0.05, 0) is 60.3 Å². The first-order valence-corrected chi connectivity index (χ1v) is 5.76. The Morgan fingerprint density at radius 2 is 2.07 bits per heavy atom. The molecule has 0 spiro atoms. The van der Waals surface area contributed by atoms with E-state index in [0.29, 0.717) is 0 Å². The topological polar surface area (TPSA) is 29.5 Å². The number of rotatable bonds is 4. The predicted molar refractivity (Wildman–Crippen MR) is 65.3 cm³/mol. The van der Waals surface area contributed by atoms with Crippen LogP contribution in [0.3, 0.4) is 0 Å². The Labute approximate surface area is 99.4 Å². The fourth-order valence-corrected chi connectivity index (χ4v) is 1.90. The van der Waals surface area contributed by atoms with Crippen molar-refractivity contribution in [1.29, 1.82) is 0 Å². The van der Waals surface area contributed by atoms with Crippen LogP contribution in [0.1, 0.15) is 25.8 Å². The lowest BCUT2D eigenvalue weighted by Gasteiger charge is -2.16. The molecule has 0 unspecified atom stereocenters. The Morgan fingerprint density at radius 1 is 1.40 bits per heavy atom. The molecule has 0 fully saturated rings. The van der Waals surface area contributed by atoms with Crippen LogP contribution in [0.2, 0.25) is 0 Å². The number of aliphatic hydroxyl groups is 1. The van der Waals surface area contributed by atoms with E-state index in [1.165, 1.54) is 5.56 Å². The van der Waals surface area contributed by atoms with Crippen LogP contribution in [0.25, 0.3) is 0 Å². The second kappa shape index (κ2) is 4.99. The lowest BCUT2D eigenvalue weighted by molar-refractivity contribution is 0.0714. The van der Waals surface area contributed by atoms with E-state index < -0.39 is 5.60 Å². The molecule has 0 aromatic heterocycles. The monoisotopic (exact) mass is 272 g/mol. The molecule has 0 amide bonds. The van der Waals surface area contributed by atoms with Crippen LogP contribution in [-0.2, 0) is 6.42 Å². The molecule has 84 valence electrons. The van der Waals surface area contributed by atoms with E-state index in [1.54, 1.807) is 7.11 Å². The van der Waals surface area contributed by atoms with E-state index in [4.69, 9.17) is 4.74 Å². The molecule has 0 bridgehead atoms. The largest absolute Gasteiger partial charge is 0.496 e. The molecule has 0 radical (unpaired) electrons. The molecule has 0 atom stereocenters. The minimum atomic E-state index is -0.605. The lowest BCUT2D eigenvalue weighted by Crippen LogP contribution is -2.19. The van der Waals surface area contributed by atoms with E-state index in [0.717, 1.165) is 23.1 Å². The van der Waals surface area contributed by atoms with Crippen molar-refractivity contribution in [2.75, 3.05) is 7.11 Å². The SMILES string of the molecule is COc1ccc(CCC(C)(C)O)cc1Br. The van der Waals surface area contributed by atoms with Gasteiger partial charge in [-0.2, -0.15) is 0 Å². The average Bonchev–Trinajstić information content (AvgIpc) is 2.14. The van der Waals surface area contributed by atoms with Crippen molar-refractivity contribution in [2.45, 2.75) is 32.3 Å². The van der Waals surface area contributed by atoms with Crippen molar-refractivity contribution in [2.24, 2.45) is 0 Å². The van der Waals surface area contributed by atoms with E-state index in [9.17, 15) is 5.11 Å². The number of hydrogen-bond donors (Lipinski definition) is 1. The first-order valence-electron chi connectivity index (χ1n) is 4.97. The molecule has 1 rings (SSSR count). The fraction of sp³-hybridized carbons (Fsp3) is 0.500. The van der Waals surface area contributed by atoms with Gasteiger partial charge in [-0.3, -0.25) is 0 Å². The van der Waals surface area contributed by atoms with Crippen LogP contribution in [-0.4, -0.2) is 17.8 Å². The number of methoxy groups -OCH3 is 1. The highest BCUT2D eigenvalue weighted by atomic mass is 79.9. The molecule has 1 aromatic carbocycles. The van der Waals surface area contributed by atoms with Gasteiger partial charge < -0.3 is 9.84 Å². The van der Waals surface area contributed by atoms with Crippen LogP contribution in [0.15, 0.2) is 22.7 Å². The number of benzene rings is 1. The van der Waals surface area contributed by atoms with Crippen LogP contribution < -0.4 is 4.74 Å². The molecule has 3 heteroatoms. The maximum absolute atomic E-state index is 9.61. The summed E-state index contributed by atoms with van der Waals surface area (Å²) in [5.74, 6) is 0.835. The van der Waals surface area contributed by atoms with Gasteiger partial charge in [-0.1, -0.05) is 6.07 Å². The summed E-state index contributed by atoms with van der Waals surface area (Å²) >= 11 is 3.44. The smallest absolute Gasteiger partial charge is 0.133 e. The zero-order valence-corrected chi connectivity index (χ0v) is 11.0. The molecule has 15 heavy (non-hydrogen) atoms. The van der Waals surface area contributed by atoms with Crippen LogP contribution in [0.5, 0.6) is 5.75 Å². The molecular formula is C12H17BrO2. The quantitative estimate of drug-likeness (QED) is 0.913. The van der Waals surface area contributed by atoms with Gasteiger partial charge in [-0.25, -0.2) is 0 Å². The summed E-state index contributed by atoms with van der Waals surface area (Å²) in [5.41, 5.74) is 0.594.